The van der Waals surface area contributed by atoms with Gasteiger partial charge in [0, 0.05) is 6.54 Å². The Morgan fingerprint density at radius 2 is 1.38 bits per heavy atom. The Labute approximate surface area is 157 Å². The van der Waals surface area contributed by atoms with Crippen molar-refractivity contribution in [1.29, 1.82) is 0 Å². The normalized spacial score (nSPS) is 10.2. The van der Waals surface area contributed by atoms with Crippen molar-refractivity contribution in [2.24, 2.45) is 5.73 Å². The second-order valence-corrected chi connectivity index (χ2v) is 6.63. The molecule has 136 valence electrons. The zero-order valence-corrected chi connectivity index (χ0v) is 16.0. The summed E-state index contributed by atoms with van der Waals surface area (Å²) in [5.74, 6) is 1.53. The number of nitrogens with two attached hydrogens (primary N) is 1. The van der Waals surface area contributed by atoms with E-state index in [0.717, 1.165) is 11.3 Å². The van der Waals surface area contributed by atoms with Crippen molar-refractivity contribution in [3.8, 4) is 5.75 Å². The molecule has 0 fully saturated rings. The molecular formula is C24H29NO. The molecule has 0 spiro atoms. The third-order valence-corrected chi connectivity index (χ3v) is 4.22. The van der Waals surface area contributed by atoms with Crippen LogP contribution >= 0.6 is 0 Å². The van der Waals surface area contributed by atoms with Crippen molar-refractivity contribution in [3.63, 3.8) is 0 Å². The first-order chi connectivity index (χ1) is 12.6. The van der Waals surface area contributed by atoms with Crippen LogP contribution in [0.2, 0.25) is 0 Å². The Balaban J connectivity index is 0.000000209. The largest absolute Gasteiger partial charge is 0.489 e. The van der Waals surface area contributed by atoms with Gasteiger partial charge in [0.2, 0.25) is 0 Å². The van der Waals surface area contributed by atoms with Crippen LogP contribution in [0.4, 0.5) is 0 Å². The Kier molecular flexibility index (Phi) is 7.91. The zero-order valence-electron chi connectivity index (χ0n) is 16.0. The topological polar surface area (TPSA) is 35.2 Å². The maximum absolute atomic E-state index is 5.65. The van der Waals surface area contributed by atoms with Gasteiger partial charge >= 0.3 is 0 Å². The fourth-order valence-electron chi connectivity index (χ4n) is 2.70. The lowest BCUT2D eigenvalue weighted by Crippen LogP contribution is -1.97. The van der Waals surface area contributed by atoms with Crippen LogP contribution in [0.15, 0.2) is 78.9 Å². The van der Waals surface area contributed by atoms with Gasteiger partial charge < -0.3 is 10.5 Å². The molecule has 0 aromatic heterocycles. The van der Waals surface area contributed by atoms with Gasteiger partial charge in [-0.15, -0.1) is 0 Å². The summed E-state index contributed by atoms with van der Waals surface area (Å²) < 4.78 is 5.65. The van der Waals surface area contributed by atoms with Gasteiger partial charge in [-0.3, -0.25) is 0 Å². The highest BCUT2D eigenvalue weighted by Crippen LogP contribution is 2.17. The molecule has 0 aliphatic heterocycles. The molecule has 3 rings (SSSR count). The van der Waals surface area contributed by atoms with E-state index >= 15 is 0 Å². The van der Waals surface area contributed by atoms with Gasteiger partial charge in [-0.1, -0.05) is 80.6 Å². The molecule has 2 nitrogen and oxygen atoms in total. The summed E-state index contributed by atoms with van der Waals surface area (Å²) in [4.78, 5) is 0. The van der Waals surface area contributed by atoms with Crippen LogP contribution < -0.4 is 10.5 Å². The summed E-state index contributed by atoms with van der Waals surface area (Å²) >= 11 is 0. The Hall–Kier alpha value is -2.58. The Morgan fingerprint density at radius 1 is 0.769 bits per heavy atom. The SMILES string of the molecule is Cc1ccccc1C(C)C.NCc1ccc(OCc2ccccc2)cc1. The number of rotatable bonds is 5. The molecule has 3 aromatic carbocycles. The molecule has 0 saturated heterocycles. The molecule has 2 heteroatoms. The van der Waals surface area contributed by atoms with Crippen molar-refractivity contribution in [2.75, 3.05) is 0 Å². The Morgan fingerprint density at radius 3 is 1.92 bits per heavy atom. The van der Waals surface area contributed by atoms with Gasteiger partial charge in [0.25, 0.3) is 0 Å². The summed E-state index contributed by atoms with van der Waals surface area (Å²) in [6, 6.07) is 26.5. The van der Waals surface area contributed by atoms with E-state index in [0.29, 0.717) is 19.1 Å². The molecule has 26 heavy (non-hydrogen) atoms. The van der Waals surface area contributed by atoms with Gasteiger partial charge in [-0.05, 0) is 47.2 Å². The van der Waals surface area contributed by atoms with E-state index in [1.54, 1.807) is 0 Å². The van der Waals surface area contributed by atoms with Crippen molar-refractivity contribution in [2.45, 2.75) is 39.8 Å². The summed E-state index contributed by atoms with van der Waals surface area (Å²) in [7, 11) is 0. The minimum atomic E-state index is 0.568. The molecule has 2 N–H and O–H groups in total. The van der Waals surface area contributed by atoms with Crippen LogP contribution in [-0.2, 0) is 13.2 Å². The van der Waals surface area contributed by atoms with Gasteiger partial charge in [0.05, 0.1) is 0 Å². The average Bonchev–Trinajstić information content (AvgIpc) is 2.68. The number of ether oxygens (including phenoxy) is 1. The van der Waals surface area contributed by atoms with Crippen LogP contribution in [0.3, 0.4) is 0 Å². The average molecular weight is 348 g/mol. The summed E-state index contributed by atoms with van der Waals surface area (Å²) in [5.41, 5.74) is 10.7. The van der Waals surface area contributed by atoms with E-state index in [4.69, 9.17) is 10.5 Å². The van der Waals surface area contributed by atoms with Crippen LogP contribution in [0.1, 0.15) is 42.0 Å². The van der Waals surface area contributed by atoms with Gasteiger partial charge in [0.1, 0.15) is 12.4 Å². The predicted octanol–water partition coefficient (Wildman–Crippen LogP) is 5.84. The molecule has 0 atom stereocenters. The monoisotopic (exact) mass is 347 g/mol. The first-order valence-electron chi connectivity index (χ1n) is 9.11. The molecule has 3 aromatic rings. The highest BCUT2D eigenvalue weighted by atomic mass is 16.5. The van der Waals surface area contributed by atoms with Crippen LogP contribution in [0, 0.1) is 6.92 Å². The van der Waals surface area contributed by atoms with E-state index < -0.39 is 0 Å². The quantitative estimate of drug-likeness (QED) is 0.629. The second kappa shape index (κ2) is 10.4. The standard InChI is InChI=1S/C14H15NO.C10H14/c15-10-12-6-8-14(9-7-12)16-11-13-4-2-1-3-5-13;1-8(2)10-7-5-4-6-9(10)3/h1-9H,10-11,15H2;4-8H,1-3H3. The molecule has 0 saturated carbocycles. The summed E-state index contributed by atoms with van der Waals surface area (Å²) in [6.45, 7) is 7.78. The molecule has 0 aliphatic carbocycles. The first-order valence-corrected chi connectivity index (χ1v) is 9.11. The van der Waals surface area contributed by atoms with Crippen LogP contribution in [0.5, 0.6) is 5.75 Å². The van der Waals surface area contributed by atoms with Crippen LogP contribution in [-0.4, -0.2) is 0 Å². The van der Waals surface area contributed by atoms with E-state index in [2.05, 4.69) is 45.0 Å². The highest BCUT2D eigenvalue weighted by Gasteiger charge is 1.99. The smallest absolute Gasteiger partial charge is 0.119 e. The fourth-order valence-corrected chi connectivity index (χ4v) is 2.70. The predicted molar refractivity (Wildman–Crippen MR) is 110 cm³/mol. The van der Waals surface area contributed by atoms with E-state index in [1.807, 2.05) is 54.6 Å². The van der Waals surface area contributed by atoms with Gasteiger partial charge in [-0.25, -0.2) is 0 Å². The van der Waals surface area contributed by atoms with E-state index in [9.17, 15) is 0 Å². The number of hydrogen-bond donors (Lipinski definition) is 1. The summed E-state index contributed by atoms with van der Waals surface area (Å²) in [5, 5.41) is 0. The van der Waals surface area contributed by atoms with E-state index in [1.165, 1.54) is 16.7 Å². The maximum Gasteiger partial charge on any atom is 0.119 e. The van der Waals surface area contributed by atoms with Gasteiger partial charge in [-0.2, -0.15) is 0 Å². The minimum absolute atomic E-state index is 0.568. The molecule has 0 amide bonds. The zero-order chi connectivity index (χ0) is 18.8. The highest BCUT2D eigenvalue weighted by molar-refractivity contribution is 5.28. The third kappa shape index (κ3) is 6.38. The lowest BCUT2D eigenvalue weighted by molar-refractivity contribution is 0.306. The minimum Gasteiger partial charge on any atom is -0.489 e. The molecule has 0 heterocycles. The summed E-state index contributed by atoms with van der Waals surface area (Å²) in [6.07, 6.45) is 0. The second-order valence-electron chi connectivity index (χ2n) is 6.63. The number of hydrogen-bond acceptors (Lipinski definition) is 2. The van der Waals surface area contributed by atoms with Crippen molar-refractivity contribution in [3.05, 3.63) is 101 Å². The first kappa shape index (κ1) is 19.7. The van der Waals surface area contributed by atoms with Crippen molar-refractivity contribution >= 4 is 0 Å². The lowest BCUT2D eigenvalue weighted by atomic mass is 9.99. The number of benzene rings is 3. The third-order valence-electron chi connectivity index (χ3n) is 4.22. The van der Waals surface area contributed by atoms with E-state index in [-0.39, 0.29) is 0 Å². The number of aryl methyl sites for hydroxylation is 1. The van der Waals surface area contributed by atoms with Crippen molar-refractivity contribution < 1.29 is 4.74 Å². The van der Waals surface area contributed by atoms with Crippen LogP contribution in [0.25, 0.3) is 0 Å². The maximum atomic E-state index is 5.65. The Bertz CT molecular complexity index is 764. The fraction of sp³-hybridized carbons (Fsp3) is 0.250. The molecular weight excluding hydrogens is 318 g/mol. The molecule has 0 aliphatic rings. The van der Waals surface area contributed by atoms with Crippen molar-refractivity contribution in [1.82, 2.24) is 0 Å². The molecule has 0 radical (unpaired) electrons. The molecule has 0 bridgehead atoms. The van der Waals surface area contributed by atoms with Gasteiger partial charge in [0.15, 0.2) is 0 Å². The lowest BCUT2D eigenvalue weighted by Gasteiger charge is -2.07. The molecule has 0 unspecified atom stereocenters.